The molecule has 1 fully saturated rings. The van der Waals surface area contributed by atoms with Gasteiger partial charge < -0.3 is 10.4 Å². The summed E-state index contributed by atoms with van der Waals surface area (Å²) in [7, 11) is 0. The number of hydrogen-bond donors (Lipinski definition) is 2. The lowest BCUT2D eigenvalue weighted by Crippen LogP contribution is -2.31. The molecule has 0 spiro atoms. The van der Waals surface area contributed by atoms with E-state index in [-0.39, 0.29) is 17.6 Å². The number of benzene rings is 1. The Labute approximate surface area is 114 Å². The van der Waals surface area contributed by atoms with Crippen LogP contribution in [0, 0.1) is 21.3 Å². The number of nitrogens with one attached hydrogen (secondary N) is 1. The van der Waals surface area contributed by atoms with Gasteiger partial charge in [-0.3, -0.25) is 14.9 Å². The second-order valence-electron chi connectivity index (χ2n) is 5.07. The molecule has 0 aromatic heterocycles. The molecule has 0 aliphatic heterocycles. The van der Waals surface area contributed by atoms with Crippen LogP contribution in [-0.4, -0.2) is 29.1 Å². The number of amides is 1. The molecule has 1 aliphatic carbocycles. The molecule has 1 aromatic carbocycles. The normalized spacial score (nSPS) is 15.7. The fraction of sp³-hybridized carbons (Fsp3) is 0.462. The molecule has 1 aromatic rings. The summed E-state index contributed by atoms with van der Waals surface area (Å²) >= 11 is 0. The number of carbonyl (C=O) groups excluding carboxylic acids is 1. The average Bonchev–Trinajstić information content (AvgIpc) is 3.16. The van der Waals surface area contributed by atoms with Crippen molar-refractivity contribution in [3.05, 3.63) is 39.7 Å². The number of nitrogens with zero attached hydrogens (tertiary/aromatic N) is 1. The number of hydrogen-bond acceptors (Lipinski definition) is 4. The second-order valence-corrected chi connectivity index (χ2v) is 5.07. The van der Waals surface area contributed by atoms with Crippen molar-refractivity contribution in [2.24, 2.45) is 5.41 Å². The van der Waals surface area contributed by atoms with Crippen LogP contribution in [0.4, 0.5) is 10.1 Å². The average molecular weight is 282 g/mol. The van der Waals surface area contributed by atoms with E-state index < -0.39 is 22.3 Å². The van der Waals surface area contributed by atoms with Gasteiger partial charge in [-0.05, 0) is 36.8 Å². The Morgan fingerprint density at radius 3 is 2.75 bits per heavy atom. The fourth-order valence-corrected chi connectivity index (χ4v) is 2.14. The van der Waals surface area contributed by atoms with Crippen molar-refractivity contribution < 1.29 is 19.2 Å². The van der Waals surface area contributed by atoms with E-state index in [1.54, 1.807) is 0 Å². The number of halogens is 1. The Hall–Kier alpha value is -2.02. The largest absolute Gasteiger partial charge is 0.396 e. The molecule has 1 aliphatic rings. The van der Waals surface area contributed by atoms with Crippen molar-refractivity contribution in [3.8, 4) is 0 Å². The Morgan fingerprint density at radius 1 is 1.50 bits per heavy atom. The quantitative estimate of drug-likeness (QED) is 0.612. The van der Waals surface area contributed by atoms with Crippen LogP contribution >= 0.6 is 0 Å². The van der Waals surface area contributed by atoms with Gasteiger partial charge in [-0.2, -0.15) is 0 Å². The summed E-state index contributed by atoms with van der Waals surface area (Å²) in [5, 5.41) is 22.3. The molecule has 6 nitrogen and oxygen atoms in total. The minimum Gasteiger partial charge on any atom is -0.396 e. The highest BCUT2D eigenvalue weighted by atomic mass is 19.1. The Kier molecular flexibility index (Phi) is 3.99. The third-order valence-electron chi connectivity index (χ3n) is 3.62. The number of rotatable bonds is 6. The zero-order chi connectivity index (χ0) is 14.8. The van der Waals surface area contributed by atoms with E-state index in [4.69, 9.17) is 5.11 Å². The monoisotopic (exact) mass is 282 g/mol. The summed E-state index contributed by atoms with van der Waals surface area (Å²) in [4.78, 5) is 22.1. The van der Waals surface area contributed by atoms with Crippen LogP contribution in [0.3, 0.4) is 0 Å². The van der Waals surface area contributed by atoms with Gasteiger partial charge in [-0.25, -0.2) is 4.39 Å². The molecule has 0 radical (unpaired) electrons. The lowest BCUT2D eigenvalue weighted by molar-refractivity contribution is -0.385. The van der Waals surface area contributed by atoms with E-state index in [1.807, 2.05) is 0 Å². The second kappa shape index (κ2) is 5.54. The van der Waals surface area contributed by atoms with Crippen LogP contribution in [0.1, 0.15) is 29.6 Å². The van der Waals surface area contributed by atoms with E-state index in [0.29, 0.717) is 13.0 Å². The molecule has 7 heteroatoms. The van der Waals surface area contributed by atoms with Crippen molar-refractivity contribution in [1.29, 1.82) is 0 Å². The van der Waals surface area contributed by atoms with E-state index in [2.05, 4.69) is 5.32 Å². The van der Waals surface area contributed by atoms with E-state index in [1.165, 1.54) is 0 Å². The molecule has 2 rings (SSSR count). The Morgan fingerprint density at radius 2 is 2.20 bits per heavy atom. The van der Waals surface area contributed by atoms with Crippen molar-refractivity contribution in [3.63, 3.8) is 0 Å². The predicted molar refractivity (Wildman–Crippen MR) is 68.8 cm³/mol. The van der Waals surface area contributed by atoms with Crippen LogP contribution in [0.25, 0.3) is 0 Å². The summed E-state index contributed by atoms with van der Waals surface area (Å²) < 4.78 is 13.1. The molecule has 0 atom stereocenters. The molecule has 0 saturated heterocycles. The Bertz CT molecular complexity index is 543. The number of carbonyl (C=O) groups is 1. The topological polar surface area (TPSA) is 92.5 Å². The van der Waals surface area contributed by atoms with Gasteiger partial charge >= 0.3 is 0 Å². The minimum atomic E-state index is -0.713. The Balaban J connectivity index is 2.09. The fourth-order valence-electron chi connectivity index (χ4n) is 2.14. The molecular formula is C13H15FN2O4. The van der Waals surface area contributed by atoms with Gasteiger partial charge in [0.05, 0.1) is 4.92 Å². The number of aliphatic hydroxyl groups is 1. The maximum atomic E-state index is 13.1. The zero-order valence-electron chi connectivity index (χ0n) is 10.8. The van der Waals surface area contributed by atoms with Gasteiger partial charge in [-0.1, -0.05) is 0 Å². The van der Waals surface area contributed by atoms with Crippen molar-refractivity contribution in [2.45, 2.75) is 19.3 Å². The number of nitro benzene ring substituents is 1. The van der Waals surface area contributed by atoms with Gasteiger partial charge in [0, 0.05) is 19.2 Å². The maximum absolute atomic E-state index is 13.1. The van der Waals surface area contributed by atoms with Crippen LogP contribution < -0.4 is 5.32 Å². The smallest absolute Gasteiger partial charge is 0.282 e. The summed E-state index contributed by atoms with van der Waals surface area (Å²) in [6.07, 6.45) is 2.39. The van der Waals surface area contributed by atoms with E-state index >= 15 is 0 Å². The number of nitro groups is 1. The molecule has 1 saturated carbocycles. The molecule has 20 heavy (non-hydrogen) atoms. The highest BCUT2D eigenvalue weighted by Crippen LogP contribution is 2.47. The standard InChI is InChI=1S/C13H15FN2O4/c14-9-1-2-11(16(19)20)10(7-9)12(18)15-8-13(3-4-13)5-6-17/h1-2,7,17H,3-6,8H2,(H,15,18). The molecule has 2 N–H and O–H groups in total. The van der Waals surface area contributed by atoms with Crippen LogP contribution in [0.15, 0.2) is 18.2 Å². The molecular weight excluding hydrogens is 267 g/mol. The maximum Gasteiger partial charge on any atom is 0.282 e. The van der Waals surface area contributed by atoms with Crippen molar-refractivity contribution in [2.75, 3.05) is 13.2 Å². The van der Waals surface area contributed by atoms with E-state index in [9.17, 15) is 19.3 Å². The molecule has 0 heterocycles. The van der Waals surface area contributed by atoms with Crippen LogP contribution in [-0.2, 0) is 0 Å². The highest BCUT2D eigenvalue weighted by Gasteiger charge is 2.42. The van der Waals surface area contributed by atoms with Gasteiger partial charge in [0.25, 0.3) is 11.6 Å². The minimum absolute atomic E-state index is 0.0377. The van der Waals surface area contributed by atoms with Crippen molar-refractivity contribution in [1.82, 2.24) is 5.32 Å². The van der Waals surface area contributed by atoms with E-state index in [0.717, 1.165) is 31.0 Å². The van der Waals surface area contributed by atoms with Gasteiger partial charge in [-0.15, -0.1) is 0 Å². The lowest BCUT2D eigenvalue weighted by Gasteiger charge is -2.14. The summed E-state index contributed by atoms with van der Waals surface area (Å²) in [6.45, 7) is 0.371. The summed E-state index contributed by atoms with van der Waals surface area (Å²) in [6, 6.07) is 2.78. The van der Waals surface area contributed by atoms with Gasteiger partial charge in [0.1, 0.15) is 11.4 Å². The number of aliphatic hydroxyl groups excluding tert-OH is 1. The summed E-state index contributed by atoms with van der Waals surface area (Å²) in [5.74, 6) is -1.36. The first-order valence-electron chi connectivity index (χ1n) is 6.30. The van der Waals surface area contributed by atoms with Crippen LogP contribution in [0.5, 0.6) is 0 Å². The van der Waals surface area contributed by atoms with Gasteiger partial charge in [0.2, 0.25) is 0 Å². The third-order valence-corrected chi connectivity index (χ3v) is 3.62. The molecule has 1 amide bonds. The SMILES string of the molecule is O=C(NCC1(CCO)CC1)c1cc(F)ccc1[N+](=O)[O-]. The molecule has 0 bridgehead atoms. The third kappa shape index (κ3) is 3.11. The highest BCUT2D eigenvalue weighted by molar-refractivity contribution is 5.98. The first-order valence-corrected chi connectivity index (χ1v) is 6.30. The summed E-state index contributed by atoms with van der Waals surface area (Å²) in [5.41, 5.74) is -0.808. The lowest BCUT2D eigenvalue weighted by atomic mass is 10.0. The molecule has 0 unspecified atom stereocenters. The first-order chi connectivity index (χ1) is 9.47. The zero-order valence-corrected chi connectivity index (χ0v) is 10.8. The molecule has 108 valence electrons. The first kappa shape index (κ1) is 14.4. The van der Waals surface area contributed by atoms with Crippen molar-refractivity contribution >= 4 is 11.6 Å². The predicted octanol–water partition coefficient (Wildman–Crippen LogP) is 1.63. The van der Waals surface area contributed by atoms with Crippen LogP contribution in [0.2, 0.25) is 0 Å². The van der Waals surface area contributed by atoms with Gasteiger partial charge in [0.15, 0.2) is 0 Å².